The van der Waals surface area contributed by atoms with Gasteiger partial charge < -0.3 is 5.11 Å². The quantitative estimate of drug-likeness (QED) is 0.696. The molecule has 2 fully saturated rings. The standard InChI is InChI=1S/C12H14O3/c1-6(13)9-7-2-3-8(10(9)11(14)15)12(7)4-5-12/h2-3,7-10H,4-5H2,1H3,(H,14,15). The van der Waals surface area contributed by atoms with Crippen LogP contribution in [0.3, 0.4) is 0 Å². The van der Waals surface area contributed by atoms with Gasteiger partial charge in [0, 0.05) is 5.92 Å². The third kappa shape index (κ3) is 0.912. The molecule has 3 heteroatoms. The number of aliphatic carboxylic acids is 1. The maximum Gasteiger partial charge on any atom is 0.307 e. The molecule has 4 unspecified atom stereocenters. The zero-order valence-electron chi connectivity index (χ0n) is 8.64. The summed E-state index contributed by atoms with van der Waals surface area (Å²) in [5.41, 5.74) is 0.166. The van der Waals surface area contributed by atoms with Crippen LogP contribution in [-0.4, -0.2) is 16.9 Å². The van der Waals surface area contributed by atoms with Crippen LogP contribution < -0.4 is 0 Å². The zero-order chi connectivity index (χ0) is 10.8. The van der Waals surface area contributed by atoms with Gasteiger partial charge in [0.15, 0.2) is 0 Å². The van der Waals surface area contributed by atoms with Gasteiger partial charge in [0.25, 0.3) is 0 Å². The van der Waals surface area contributed by atoms with Gasteiger partial charge >= 0.3 is 5.97 Å². The molecule has 80 valence electrons. The average molecular weight is 206 g/mol. The summed E-state index contributed by atoms with van der Waals surface area (Å²) in [5, 5.41) is 9.23. The number of carbonyl (C=O) groups excluding carboxylic acids is 1. The SMILES string of the molecule is CC(=O)C1C(C(=O)O)C2C=CC1C21CC1. The average Bonchev–Trinajstić information content (AvgIpc) is 2.81. The number of carboxylic acid groups (broad SMARTS) is 1. The van der Waals surface area contributed by atoms with E-state index in [1.165, 1.54) is 6.92 Å². The van der Waals surface area contributed by atoms with E-state index in [0.717, 1.165) is 12.8 Å². The van der Waals surface area contributed by atoms with Crippen molar-refractivity contribution in [3.05, 3.63) is 12.2 Å². The molecular weight excluding hydrogens is 192 g/mol. The molecule has 3 aliphatic rings. The lowest BCUT2D eigenvalue weighted by Crippen LogP contribution is -2.31. The third-order valence-corrected chi connectivity index (χ3v) is 4.60. The Labute approximate surface area is 88.2 Å². The molecular formula is C12H14O3. The van der Waals surface area contributed by atoms with E-state index in [9.17, 15) is 14.7 Å². The van der Waals surface area contributed by atoms with Crippen molar-refractivity contribution in [2.24, 2.45) is 29.1 Å². The second-order valence-corrected chi connectivity index (χ2v) is 5.17. The van der Waals surface area contributed by atoms with E-state index in [0.29, 0.717) is 0 Å². The summed E-state index contributed by atoms with van der Waals surface area (Å²) in [6.45, 7) is 1.53. The fraction of sp³-hybridized carbons (Fsp3) is 0.667. The third-order valence-electron chi connectivity index (χ3n) is 4.60. The first-order chi connectivity index (χ1) is 7.08. The second-order valence-electron chi connectivity index (χ2n) is 5.17. The summed E-state index contributed by atoms with van der Waals surface area (Å²) in [6.07, 6.45) is 6.32. The van der Waals surface area contributed by atoms with Gasteiger partial charge in [-0.25, -0.2) is 0 Å². The minimum absolute atomic E-state index is 0.0468. The minimum atomic E-state index is -0.793. The number of rotatable bonds is 2. The number of hydrogen-bond acceptors (Lipinski definition) is 2. The highest BCUT2D eigenvalue weighted by Gasteiger charge is 2.69. The second kappa shape index (κ2) is 2.52. The van der Waals surface area contributed by atoms with Gasteiger partial charge in [-0.2, -0.15) is 0 Å². The number of carbonyl (C=O) groups is 2. The normalized spacial score (nSPS) is 43.5. The van der Waals surface area contributed by atoms with Gasteiger partial charge in [-0.1, -0.05) is 12.2 Å². The van der Waals surface area contributed by atoms with Crippen molar-refractivity contribution in [3.63, 3.8) is 0 Å². The maximum atomic E-state index is 11.6. The predicted molar refractivity (Wildman–Crippen MR) is 53.1 cm³/mol. The van der Waals surface area contributed by atoms with Crippen molar-refractivity contribution in [2.75, 3.05) is 0 Å². The Morgan fingerprint density at radius 2 is 1.73 bits per heavy atom. The molecule has 0 radical (unpaired) electrons. The number of hydrogen-bond donors (Lipinski definition) is 1. The Morgan fingerprint density at radius 1 is 1.20 bits per heavy atom. The van der Waals surface area contributed by atoms with Crippen molar-refractivity contribution in [1.29, 1.82) is 0 Å². The largest absolute Gasteiger partial charge is 0.481 e. The van der Waals surface area contributed by atoms with Crippen molar-refractivity contribution < 1.29 is 14.7 Å². The highest BCUT2D eigenvalue weighted by molar-refractivity contribution is 5.87. The Kier molecular flexibility index (Phi) is 1.53. The number of ketones is 1. The van der Waals surface area contributed by atoms with E-state index in [1.807, 2.05) is 6.08 Å². The Balaban J connectivity index is 2.05. The molecule has 2 bridgehead atoms. The first-order valence-corrected chi connectivity index (χ1v) is 5.49. The fourth-order valence-corrected chi connectivity index (χ4v) is 3.87. The van der Waals surface area contributed by atoms with E-state index in [4.69, 9.17) is 0 Å². The van der Waals surface area contributed by atoms with Gasteiger partial charge in [-0.15, -0.1) is 0 Å². The molecule has 1 N–H and O–H groups in total. The zero-order valence-corrected chi connectivity index (χ0v) is 8.64. The predicted octanol–water partition coefficient (Wildman–Crippen LogP) is 1.49. The van der Waals surface area contributed by atoms with E-state index < -0.39 is 11.9 Å². The minimum Gasteiger partial charge on any atom is -0.481 e. The first kappa shape index (κ1) is 9.13. The van der Waals surface area contributed by atoms with Crippen LogP contribution in [0.5, 0.6) is 0 Å². The molecule has 3 aliphatic carbocycles. The van der Waals surface area contributed by atoms with E-state index >= 15 is 0 Å². The summed E-state index contributed by atoms with van der Waals surface area (Å²) >= 11 is 0. The van der Waals surface area contributed by atoms with Gasteiger partial charge in [0.2, 0.25) is 0 Å². The van der Waals surface area contributed by atoms with Crippen LogP contribution in [0, 0.1) is 29.1 Å². The molecule has 0 heterocycles. The molecule has 0 aromatic rings. The topological polar surface area (TPSA) is 54.4 Å². The summed E-state index contributed by atoms with van der Waals surface area (Å²) < 4.78 is 0. The van der Waals surface area contributed by atoms with Crippen LogP contribution in [0.4, 0.5) is 0 Å². The summed E-state index contributed by atoms with van der Waals surface area (Å²) in [4.78, 5) is 22.8. The highest BCUT2D eigenvalue weighted by Crippen LogP contribution is 2.72. The van der Waals surface area contributed by atoms with Gasteiger partial charge in [0.05, 0.1) is 5.92 Å². The number of Topliss-reactive ketones (excluding diaryl/α,β-unsaturated/α-hetero) is 1. The summed E-state index contributed by atoms with van der Waals surface area (Å²) in [7, 11) is 0. The molecule has 0 aromatic heterocycles. The number of carboxylic acids is 1. The van der Waals surface area contributed by atoms with E-state index in [1.54, 1.807) is 0 Å². The van der Waals surface area contributed by atoms with Gasteiger partial charge in [0.1, 0.15) is 5.78 Å². The van der Waals surface area contributed by atoms with Crippen LogP contribution in [0.25, 0.3) is 0 Å². The van der Waals surface area contributed by atoms with E-state index in [-0.39, 0.29) is 29.0 Å². The van der Waals surface area contributed by atoms with Gasteiger partial charge in [-0.05, 0) is 37.0 Å². The lowest BCUT2D eigenvalue weighted by atomic mass is 9.81. The first-order valence-electron chi connectivity index (χ1n) is 5.49. The van der Waals surface area contributed by atoms with Crippen molar-refractivity contribution in [2.45, 2.75) is 19.8 Å². The van der Waals surface area contributed by atoms with Crippen molar-refractivity contribution in [1.82, 2.24) is 0 Å². The van der Waals surface area contributed by atoms with Crippen LogP contribution in [-0.2, 0) is 9.59 Å². The van der Waals surface area contributed by atoms with Crippen molar-refractivity contribution in [3.8, 4) is 0 Å². The smallest absolute Gasteiger partial charge is 0.307 e. The van der Waals surface area contributed by atoms with Gasteiger partial charge in [-0.3, -0.25) is 9.59 Å². The fourth-order valence-electron chi connectivity index (χ4n) is 3.87. The van der Waals surface area contributed by atoms with Crippen LogP contribution in [0.2, 0.25) is 0 Å². The molecule has 2 saturated carbocycles. The van der Waals surface area contributed by atoms with Crippen LogP contribution in [0.15, 0.2) is 12.2 Å². The van der Waals surface area contributed by atoms with Crippen LogP contribution in [0.1, 0.15) is 19.8 Å². The number of allylic oxidation sites excluding steroid dienone is 2. The highest BCUT2D eigenvalue weighted by atomic mass is 16.4. The van der Waals surface area contributed by atoms with Crippen LogP contribution >= 0.6 is 0 Å². The molecule has 15 heavy (non-hydrogen) atoms. The summed E-state index contributed by atoms with van der Waals surface area (Å²) in [5.74, 6) is -1.14. The molecule has 4 atom stereocenters. The Morgan fingerprint density at radius 3 is 2.07 bits per heavy atom. The Bertz CT molecular complexity index is 346. The summed E-state index contributed by atoms with van der Waals surface area (Å²) in [6, 6.07) is 0. The lowest BCUT2D eigenvalue weighted by molar-refractivity contribution is -0.147. The molecule has 0 amide bonds. The molecule has 1 spiro atoms. The Hall–Kier alpha value is -1.12. The lowest BCUT2D eigenvalue weighted by Gasteiger charge is -2.21. The monoisotopic (exact) mass is 206 g/mol. The maximum absolute atomic E-state index is 11.6. The van der Waals surface area contributed by atoms with Crippen molar-refractivity contribution >= 4 is 11.8 Å². The molecule has 0 saturated heterocycles. The molecule has 0 aromatic carbocycles. The molecule has 3 rings (SSSR count). The molecule has 3 nitrogen and oxygen atoms in total. The molecule has 0 aliphatic heterocycles. The van der Waals surface area contributed by atoms with E-state index in [2.05, 4.69) is 6.08 Å².